The van der Waals surface area contributed by atoms with Crippen LogP contribution in [0.3, 0.4) is 0 Å². The molecule has 81 heavy (non-hydrogen) atoms. The summed E-state index contributed by atoms with van der Waals surface area (Å²) in [6, 6.07) is -8.01. The minimum absolute atomic E-state index is 0.0345. The lowest BCUT2D eigenvalue weighted by Gasteiger charge is -2.30. The fourth-order valence-electron chi connectivity index (χ4n) is 8.03. The predicted octanol–water partition coefficient (Wildman–Crippen LogP) is -3.84. The molecule has 3 rings (SSSR count). The summed E-state index contributed by atoms with van der Waals surface area (Å²) in [5.41, 5.74) is 7.25. The predicted molar refractivity (Wildman–Crippen MR) is 301 cm³/mol. The van der Waals surface area contributed by atoms with Crippen molar-refractivity contribution in [3.8, 4) is 0 Å². The van der Waals surface area contributed by atoms with Crippen LogP contribution < -0.4 is 53.6 Å². The number of thioether (sulfide) groups is 2. The van der Waals surface area contributed by atoms with Crippen LogP contribution in [0.15, 0.2) is 43.0 Å². The van der Waals surface area contributed by atoms with Gasteiger partial charge in [-0.15, -0.1) is 0 Å². The fraction of sp³-hybridized carbons (Fsp3) is 0.588. The largest absolute Gasteiger partial charge is 0.480 e. The SMILES string of the molecule is CC[C@H](C)[C@H](NC(=O)[C@H](Cc1cnc[nH]1)NC(=O)[C@H](CCSC)NC(=O)[C@H](CCSC)NC(=O)[C@@H](NC(=O)[C@@H](NC(=O)[C@@H](NC(=O)[C@H](Cc1c[nH]c2ccccc12)NC(=O)[C@H](C)NC(=O)[C@@H](N)CO)[C@@H](C)O)[C@@H](C)O)[C@@H](C)O)C(=O)O. The molecule has 450 valence electrons. The number of rotatable bonds is 35. The number of hydrogen-bond acceptors (Lipinski definition) is 18. The molecule has 0 unspecified atom stereocenters. The van der Waals surface area contributed by atoms with Crippen molar-refractivity contribution in [3.63, 3.8) is 0 Å². The van der Waals surface area contributed by atoms with Gasteiger partial charge >= 0.3 is 5.97 Å². The second-order valence-corrected chi connectivity index (χ2v) is 21.5. The number of para-hydroxylation sites is 1. The van der Waals surface area contributed by atoms with Crippen LogP contribution in [-0.2, 0) is 60.8 Å². The number of carboxylic acids is 1. The first kappa shape index (κ1) is 68.4. The van der Waals surface area contributed by atoms with Gasteiger partial charge in [0.2, 0.25) is 53.2 Å². The van der Waals surface area contributed by atoms with E-state index in [-0.39, 0.29) is 31.4 Å². The number of carboxylic acid groups (broad SMARTS) is 1. The number of amides is 9. The molecule has 2 heterocycles. The first-order valence-electron chi connectivity index (χ1n) is 26.1. The van der Waals surface area contributed by atoms with E-state index in [9.17, 15) is 73.5 Å². The summed E-state index contributed by atoms with van der Waals surface area (Å²) in [6.45, 7) is 7.38. The summed E-state index contributed by atoms with van der Waals surface area (Å²) in [5, 5.41) is 74.4. The van der Waals surface area contributed by atoms with Crippen LogP contribution in [0.1, 0.15) is 72.1 Å². The molecule has 1 aromatic carbocycles. The van der Waals surface area contributed by atoms with E-state index in [1.165, 1.54) is 43.0 Å². The Hall–Kier alpha value is -6.83. The van der Waals surface area contributed by atoms with Gasteiger partial charge in [-0.25, -0.2) is 9.78 Å². The summed E-state index contributed by atoms with van der Waals surface area (Å²) in [5.74, 6) is -9.90. The Morgan fingerprint density at radius 3 is 1.49 bits per heavy atom. The molecule has 9 amide bonds. The minimum atomic E-state index is -1.92. The normalized spacial score (nSPS) is 16.6. The van der Waals surface area contributed by atoms with Gasteiger partial charge in [0.1, 0.15) is 60.4 Å². The Morgan fingerprint density at radius 2 is 1.02 bits per heavy atom. The lowest BCUT2D eigenvalue weighted by molar-refractivity contribution is -0.144. The molecule has 0 radical (unpaired) electrons. The third-order valence-electron chi connectivity index (χ3n) is 13.1. The van der Waals surface area contributed by atoms with Gasteiger partial charge in [0.05, 0.1) is 31.2 Å². The molecule has 0 fully saturated rings. The number of benzene rings is 1. The number of H-pyrrole nitrogens is 2. The number of aromatic nitrogens is 3. The zero-order chi connectivity index (χ0) is 60.7. The number of nitrogens with zero attached hydrogens (tertiary/aromatic N) is 1. The highest BCUT2D eigenvalue weighted by Gasteiger charge is 2.39. The maximum Gasteiger partial charge on any atom is 0.326 e. The average Bonchev–Trinajstić information content (AvgIpc) is 4.17. The first-order chi connectivity index (χ1) is 38.3. The van der Waals surface area contributed by atoms with E-state index >= 15 is 0 Å². The van der Waals surface area contributed by atoms with Gasteiger partial charge in [0, 0.05) is 41.8 Å². The molecule has 0 saturated heterocycles. The van der Waals surface area contributed by atoms with Crippen LogP contribution in [0, 0.1) is 5.92 Å². The highest BCUT2D eigenvalue weighted by Crippen LogP contribution is 2.20. The van der Waals surface area contributed by atoms with Gasteiger partial charge in [0.25, 0.3) is 0 Å². The molecule has 28 nitrogen and oxygen atoms in total. The standard InChI is InChI=1S/C51H79N13O15S2/c1-9-24(2)38(51(78)79)61-47(74)37(19-30-21-53-23-55-30)60-45(72)34(14-16-80-7)57-44(71)35(15-17-81-8)58-48(75)39(26(4)66)63-50(77)41(28(6)68)64-49(76)40(27(5)67)62-46(73)36(18-29-20-54-33-13-11-10-12-31(29)33)59-42(69)25(3)56-43(70)32(52)22-65/h10-13,20-21,23-28,32,34-41,54,65-68H,9,14-19,22,52H2,1-8H3,(H,53,55)(H,56,70)(H,57,71)(H,58,75)(H,59,69)(H,60,72)(H,61,74)(H,62,73)(H,63,77)(H,64,76)(H,78,79)/t24-,25-,26+,27+,28+,32-,34-,35-,36-,37-,38-,39-,40-,41-/m0/s1. The van der Waals surface area contributed by atoms with Crippen LogP contribution >= 0.6 is 23.5 Å². The minimum Gasteiger partial charge on any atom is -0.480 e. The van der Waals surface area contributed by atoms with E-state index in [2.05, 4.69) is 62.8 Å². The number of imidazole rings is 1. The third-order valence-corrected chi connectivity index (χ3v) is 14.4. The molecule has 2 aromatic heterocycles. The number of aromatic amines is 2. The molecule has 14 atom stereocenters. The molecule has 0 aliphatic heterocycles. The van der Waals surface area contributed by atoms with Crippen molar-refractivity contribution in [2.45, 2.75) is 152 Å². The monoisotopic (exact) mass is 1180 g/mol. The molecular formula is C51H79N13O15S2. The summed E-state index contributed by atoms with van der Waals surface area (Å²) in [7, 11) is 0. The van der Waals surface area contributed by atoms with Crippen LogP contribution in [0.5, 0.6) is 0 Å². The number of aliphatic carboxylic acids is 1. The molecule has 18 N–H and O–H groups in total. The van der Waals surface area contributed by atoms with Crippen molar-refractivity contribution in [1.82, 2.24) is 62.8 Å². The maximum absolute atomic E-state index is 14.1. The summed E-state index contributed by atoms with van der Waals surface area (Å²) in [4.78, 5) is 146. The maximum atomic E-state index is 14.1. The number of fused-ring (bicyclic) bond motifs is 1. The zero-order valence-corrected chi connectivity index (χ0v) is 48.1. The van der Waals surface area contributed by atoms with E-state index < -0.39 is 150 Å². The second-order valence-electron chi connectivity index (χ2n) is 19.6. The Balaban J connectivity index is 1.84. The molecule has 0 aliphatic carbocycles. The zero-order valence-electron chi connectivity index (χ0n) is 46.4. The van der Waals surface area contributed by atoms with Crippen molar-refractivity contribution in [3.05, 3.63) is 54.2 Å². The first-order valence-corrected chi connectivity index (χ1v) is 28.9. The third kappa shape index (κ3) is 21.2. The number of carbonyl (C=O) groups is 10. The van der Waals surface area contributed by atoms with Crippen molar-refractivity contribution >= 4 is 93.6 Å². The molecule has 30 heteroatoms. The van der Waals surface area contributed by atoms with Gasteiger partial charge in [-0.05, 0) is 82.1 Å². The molecule has 0 saturated carbocycles. The van der Waals surface area contributed by atoms with E-state index in [1.54, 1.807) is 56.8 Å². The molecule has 0 aliphatic rings. The van der Waals surface area contributed by atoms with Crippen LogP contribution in [-0.4, -0.2) is 209 Å². The number of aliphatic hydroxyl groups excluding tert-OH is 4. The fourth-order valence-corrected chi connectivity index (χ4v) is 8.97. The smallest absolute Gasteiger partial charge is 0.326 e. The summed E-state index contributed by atoms with van der Waals surface area (Å²) < 4.78 is 0. The van der Waals surface area contributed by atoms with E-state index in [1.807, 2.05) is 0 Å². The number of hydrogen-bond donors (Lipinski definition) is 17. The van der Waals surface area contributed by atoms with Gasteiger partial charge in [0.15, 0.2) is 0 Å². The number of carbonyl (C=O) groups excluding carboxylic acids is 9. The summed E-state index contributed by atoms with van der Waals surface area (Å²) in [6.07, 6.45) is 2.87. The number of aliphatic hydroxyl groups is 4. The van der Waals surface area contributed by atoms with E-state index in [0.29, 0.717) is 34.3 Å². The molecule has 0 spiro atoms. The molecular weight excluding hydrogens is 1100 g/mol. The van der Waals surface area contributed by atoms with Crippen molar-refractivity contribution in [2.75, 3.05) is 30.6 Å². The Labute approximate surface area is 477 Å². The van der Waals surface area contributed by atoms with E-state index in [0.717, 1.165) is 20.8 Å². The summed E-state index contributed by atoms with van der Waals surface area (Å²) >= 11 is 2.66. The van der Waals surface area contributed by atoms with Gasteiger partial charge in [-0.1, -0.05) is 38.5 Å². The molecule has 0 bridgehead atoms. The van der Waals surface area contributed by atoms with Crippen molar-refractivity contribution < 1.29 is 73.5 Å². The van der Waals surface area contributed by atoms with Gasteiger partial charge in [-0.3, -0.25) is 43.2 Å². The van der Waals surface area contributed by atoms with Crippen LogP contribution in [0.25, 0.3) is 10.9 Å². The van der Waals surface area contributed by atoms with Gasteiger partial charge in [-0.2, -0.15) is 23.5 Å². The highest BCUT2D eigenvalue weighted by atomic mass is 32.2. The Bertz CT molecular complexity index is 2590. The second kappa shape index (κ2) is 33.8. The molecule has 3 aromatic rings. The Morgan fingerprint density at radius 1 is 0.580 bits per heavy atom. The topological polar surface area (TPSA) is 451 Å². The highest BCUT2D eigenvalue weighted by molar-refractivity contribution is 7.98. The van der Waals surface area contributed by atoms with Gasteiger partial charge < -0.3 is 89.1 Å². The lowest BCUT2D eigenvalue weighted by Crippen LogP contribution is -2.64. The number of nitrogens with one attached hydrogen (secondary N) is 11. The van der Waals surface area contributed by atoms with Crippen molar-refractivity contribution in [2.24, 2.45) is 11.7 Å². The quantitative estimate of drug-likeness (QED) is 0.0268. The van der Waals surface area contributed by atoms with Crippen LogP contribution in [0.2, 0.25) is 0 Å². The Kier molecular flexibility index (Phi) is 28.6. The van der Waals surface area contributed by atoms with E-state index in [4.69, 9.17) is 5.73 Å². The average molecular weight is 1180 g/mol. The van der Waals surface area contributed by atoms with Crippen molar-refractivity contribution in [1.29, 1.82) is 0 Å². The lowest BCUT2D eigenvalue weighted by atomic mass is 9.98. The number of nitrogens with two attached hydrogens (primary N) is 1. The van der Waals surface area contributed by atoms with Crippen LogP contribution in [0.4, 0.5) is 0 Å².